The minimum absolute atomic E-state index is 0.0624. The van der Waals surface area contributed by atoms with Gasteiger partial charge in [0.25, 0.3) is 5.91 Å². The number of hydrogen-bond acceptors (Lipinski definition) is 4. The third-order valence-corrected chi connectivity index (χ3v) is 5.33. The zero-order valence-corrected chi connectivity index (χ0v) is 16.8. The van der Waals surface area contributed by atoms with Gasteiger partial charge >= 0.3 is 5.97 Å². The number of amides is 1. The van der Waals surface area contributed by atoms with Crippen LogP contribution in [0.25, 0.3) is 5.69 Å². The normalized spacial score (nSPS) is 17.1. The van der Waals surface area contributed by atoms with Crippen molar-refractivity contribution < 1.29 is 14.7 Å². The highest BCUT2D eigenvalue weighted by Gasteiger charge is 2.30. The molecule has 1 aromatic carbocycles. The number of aliphatic carboxylic acids is 1. The summed E-state index contributed by atoms with van der Waals surface area (Å²) in [5, 5.41) is 13.5. The van der Waals surface area contributed by atoms with Crippen LogP contribution in [0.4, 0.5) is 0 Å². The molecular weight excluding hydrogens is 356 g/mol. The van der Waals surface area contributed by atoms with Crippen molar-refractivity contribution in [1.82, 2.24) is 19.7 Å². The summed E-state index contributed by atoms with van der Waals surface area (Å²) in [4.78, 5) is 30.3. The second-order valence-electron chi connectivity index (χ2n) is 7.69. The fourth-order valence-electron chi connectivity index (χ4n) is 3.86. The highest BCUT2D eigenvalue weighted by Crippen LogP contribution is 2.25. The SMILES string of the molecule is Cc1nc(C(=O)N2CCCCC2CCC(=O)O)nn1-c1ccccc1C(C)C. The first kappa shape index (κ1) is 20.0. The van der Waals surface area contributed by atoms with E-state index in [0.29, 0.717) is 24.7 Å². The van der Waals surface area contributed by atoms with E-state index in [1.165, 1.54) is 0 Å². The first-order valence-electron chi connectivity index (χ1n) is 9.94. The van der Waals surface area contributed by atoms with Crippen molar-refractivity contribution in [1.29, 1.82) is 0 Å². The summed E-state index contributed by atoms with van der Waals surface area (Å²) in [7, 11) is 0. The van der Waals surface area contributed by atoms with Crippen LogP contribution in [0.1, 0.15) is 73.9 Å². The van der Waals surface area contributed by atoms with Crippen molar-refractivity contribution in [3.8, 4) is 5.69 Å². The number of likely N-dealkylation sites (tertiary alicyclic amines) is 1. The predicted molar refractivity (Wildman–Crippen MR) is 106 cm³/mol. The van der Waals surface area contributed by atoms with E-state index in [9.17, 15) is 9.59 Å². The van der Waals surface area contributed by atoms with Gasteiger partial charge in [-0.3, -0.25) is 9.59 Å². The van der Waals surface area contributed by atoms with E-state index >= 15 is 0 Å². The highest BCUT2D eigenvalue weighted by molar-refractivity contribution is 5.90. The van der Waals surface area contributed by atoms with Crippen LogP contribution >= 0.6 is 0 Å². The Morgan fingerprint density at radius 2 is 2.00 bits per heavy atom. The smallest absolute Gasteiger partial charge is 0.303 e. The number of rotatable bonds is 6. The first-order chi connectivity index (χ1) is 13.4. The lowest BCUT2D eigenvalue weighted by atomic mass is 9.98. The summed E-state index contributed by atoms with van der Waals surface area (Å²) >= 11 is 0. The van der Waals surface area contributed by atoms with E-state index in [0.717, 1.165) is 30.5 Å². The van der Waals surface area contributed by atoms with E-state index in [-0.39, 0.29) is 24.2 Å². The Morgan fingerprint density at radius 1 is 1.25 bits per heavy atom. The average molecular weight is 384 g/mol. The quantitative estimate of drug-likeness (QED) is 0.823. The lowest BCUT2D eigenvalue weighted by molar-refractivity contribution is -0.137. The van der Waals surface area contributed by atoms with Gasteiger partial charge in [-0.1, -0.05) is 32.0 Å². The van der Waals surface area contributed by atoms with Crippen LogP contribution in [0.3, 0.4) is 0 Å². The molecule has 2 heterocycles. The summed E-state index contributed by atoms with van der Waals surface area (Å²) < 4.78 is 1.73. The molecule has 1 fully saturated rings. The number of carboxylic acid groups (broad SMARTS) is 1. The number of carbonyl (C=O) groups is 2. The van der Waals surface area contributed by atoms with E-state index < -0.39 is 5.97 Å². The van der Waals surface area contributed by atoms with Crippen LogP contribution in [0, 0.1) is 6.92 Å². The van der Waals surface area contributed by atoms with Gasteiger partial charge in [-0.05, 0) is 50.2 Å². The molecule has 1 N–H and O–H groups in total. The molecule has 0 radical (unpaired) electrons. The Kier molecular flexibility index (Phi) is 6.11. The number of hydrogen-bond donors (Lipinski definition) is 1. The molecule has 1 aliphatic heterocycles. The first-order valence-corrected chi connectivity index (χ1v) is 9.94. The molecule has 3 rings (SSSR count). The van der Waals surface area contributed by atoms with Gasteiger partial charge in [0.1, 0.15) is 5.82 Å². The highest BCUT2D eigenvalue weighted by atomic mass is 16.4. The van der Waals surface area contributed by atoms with Gasteiger partial charge in [0.05, 0.1) is 5.69 Å². The van der Waals surface area contributed by atoms with Crippen LogP contribution in [-0.4, -0.2) is 49.2 Å². The van der Waals surface area contributed by atoms with E-state index in [1.54, 1.807) is 9.58 Å². The van der Waals surface area contributed by atoms with Crippen molar-refractivity contribution >= 4 is 11.9 Å². The molecule has 28 heavy (non-hydrogen) atoms. The van der Waals surface area contributed by atoms with Gasteiger partial charge in [0.2, 0.25) is 5.82 Å². The van der Waals surface area contributed by atoms with Crippen LogP contribution in [0.15, 0.2) is 24.3 Å². The number of carbonyl (C=O) groups excluding carboxylic acids is 1. The summed E-state index contributed by atoms with van der Waals surface area (Å²) in [6.45, 7) is 6.72. The zero-order valence-electron chi connectivity index (χ0n) is 16.8. The fraction of sp³-hybridized carbons (Fsp3) is 0.524. The lowest BCUT2D eigenvalue weighted by Crippen LogP contribution is -2.44. The second-order valence-corrected chi connectivity index (χ2v) is 7.69. The largest absolute Gasteiger partial charge is 0.481 e. The van der Waals surface area contributed by atoms with Gasteiger partial charge < -0.3 is 10.0 Å². The van der Waals surface area contributed by atoms with E-state index in [1.807, 2.05) is 25.1 Å². The Bertz CT molecular complexity index is 859. The fourth-order valence-corrected chi connectivity index (χ4v) is 3.86. The topological polar surface area (TPSA) is 88.3 Å². The number of carboxylic acids is 1. The van der Waals surface area contributed by atoms with Gasteiger partial charge in [0, 0.05) is 19.0 Å². The Morgan fingerprint density at radius 3 is 2.71 bits per heavy atom. The number of nitrogens with zero attached hydrogens (tertiary/aromatic N) is 4. The van der Waals surface area contributed by atoms with Gasteiger partial charge in [-0.25, -0.2) is 9.67 Å². The van der Waals surface area contributed by atoms with Crippen LogP contribution in [-0.2, 0) is 4.79 Å². The van der Waals surface area contributed by atoms with E-state index in [4.69, 9.17) is 5.11 Å². The summed E-state index contributed by atoms with van der Waals surface area (Å²) in [6, 6.07) is 7.94. The molecule has 1 unspecified atom stereocenters. The molecule has 7 heteroatoms. The van der Waals surface area contributed by atoms with Crippen molar-refractivity contribution in [3.05, 3.63) is 41.5 Å². The maximum absolute atomic E-state index is 13.1. The molecule has 2 aromatic rings. The maximum atomic E-state index is 13.1. The molecule has 1 aliphatic rings. The molecule has 7 nitrogen and oxygen atoms in total. The van der Waals surface area contributed by atoms with Crippen LogP contribution in [0.2, 0.25) is 0 Å². The number of piperidine rings is 1. The van der Waals surface area contributed by atoms with Crippen molar-refractivity contribution in [2.75, 3.05) is 6.54 Å². The molecule has 1 amide bonds. The standard InChI is InChI=1S/C21H28N4O3/c1-14(2)17-9-4-5-10-18(17)25-15(3)22-20(23-25)21(28)24-13-7-6-8-16(24)11-12-19(26)27/h4-5,9-10,14,16H,6-8,11-13H2,1-3H3,(H,26,27). The molecule has 1 saturated heterocycles. The number of aromatic nitrogens is 3. The molecular formula is C21H28N4O3. The summed E-state index contributed by atoms with van der Waals surface area (Å²) in [6.07, 6.45) is 3.30. The lowest BCUT2D eigenvalue weighted by Gasteiger charge is -2.34. The Balaban J connectivity index is 1.87. The molecule has 0 spiro atoms. The van der Waals surface area contributed by atoms with Crippen molar-refractivity contribution in [3.63, 3.8) is 0 Å². The van der Waals surface area contributed by atoms with Crippen LogP contribution in [0.5, 0.6) is 0 Å². The van der Waals surface area contributed by atoms with E-state index in [2.05, 4.69) is 30.0 Å². The minimum atomic E-state index is -0.832. The third-order valence-electron chi connectivity index (χ3n) is 5.33. The van der Waals surface area contributed by atoms with Crippen molar-refractivity contribution in [2.45, 2.75) is 64.8 Å². The molecule has 150 valence electrons. The third kappa shape index (κ3) is 4.24. The van der Waals surface area contributed by atoms with Gasteiger partial charge in [0.15, 0.2) is 0 Å². The number of aryl methyl sites for hydroxylation is 1. The number of para-hydroxylation sites is 1. The molecule has 0 bridgehead atoms. The second kappa shape index (κ2) is 8.54. The predicted octanol–water partition coefficient (Wildman–Crippen LogP) is 3.56. The summed E-state index contributed by atoms with van der Waals surface area (Å²) in [5.74, 6) is 0.121. The maximum Gasteiger partial charge on any atom is 0.303 e. The average Bonchev–Trinajstić information content (AvgIpc) is 3.07. The van der Waals surface area contributed by atoms with Gasteiger partial charge in [-0.15, -0.1) is 5.10 Å². The zero-order chi connectivity index (χ0) is 20.3. The molecule has 0 saturated carbocycles. The molecule has 0 aliphatic carbocycles. The Hall–Kier alpha value is -2.70. The molecule has 1 atom stereocenters. The number of benzene rings is 1. The van der Waals surface area contributed by atoms with Crippen LogP contribution < -0.4 is 0 Å². The molecule has 1 aromatic heterocycles. The van der Waals surface area contributed by atoms with Crippen molar-refractivity contribution in [2.24, 2.45) is 0 Å². The Labute approximate surface area is 165 Å². The van der Waals surface area contributed by atoms with Gasteiger partial charge in [-0.2, -0.15) is 0 Å². The summed E-state index contributed by atoms with van der Waals surface area (Å²) in [5.41, 5.74) is 2.08. The minimum Gasteiger partial charge on any atom is -0.481 e. The monoisotopic (exact) mass is 384 g/mol.